The van der Waals surface area contributed by atoms with E-state index in [-0.39, 0.29) is 0 Å². The summed E-state index contributed by atoms with van der Waals surface area (Å²) in [6.45, 7) is 0. The smallest absolute Gasteiger partial charge is 0.0462 e. The second-order valence-electron chi connectivity index (χ2n) is 17.9. The van der Waals surface area contributed by atoms with Crippen molar-refractivity contribution < 1.29 is 0 Å². The molecule has 0 saturated heterocycles. The van der Waals surface area contributed by atoms with Crippen LogP contribution in [-0.2, 0) is 0 Å². The molecule has 0 saturated carbocycles. The summed E-state index contributed by atoms with van der Waals surface area (Å²) in [6.07, 6.45) is 9.01. The van der Waals surface area contributed by atoms with Crippen LogP contribution >= 0.6 is 0 Å². The first-order valence-electron chi connectivity index (χ1n) is 23.7. The summed E-state index contributed by atoms with van der Waals surface area (Å²) >= 11 is 0. The Balaban J connectivity index is 0.916. The van der Waals surface area contributed by atoms with E-state index in [0.717, 1.165) is 41.3 Å². The molecule has 0 amide bonds. The van der Waals surface area contributed by atoms with Crippen molar-refractivity contribution in [2.75, 3.05) is 9.80 Å². The second-order valence-corrected chi connectivity index (χ2v) is 17.9. The van der Waals surface area contributed by atoms with Gasteiger partial charge in [0.1, 0.15) is 0 Å². The molecule has 13 rings (SSSR count). The molecular formula is C66H46N2. The third-order valence-electron chi connectivity index (χ3n) is 14.0. The number of fused-ring (bicyclic) bond motifs is 12. The first-order chi connectivity index (χ1) is 33.7. The number of allylic oxidation sites excluding steroid dienone is 3. The SMILES string of the molecule is C1=CC(N(c2ccccc2)c2ccc(-c3ccc4c(c3)c3ccccc3c3cc5c6ccc(-c7ccc(N(c8ccccc8)c8ccccc8)cc7)cc6c6ccccc6c5cc43)cc2)=CCC1. The number of hydrogen-bond donors (Lipinski definition) is 0. The maximum atomic E-state index is 2.47. The first kappa shape index (κ1) is 39.6. The molecule has 2 nitrogen and oxygen atoms in total. The Labute approximate surface area is 396 Å². The quantitative estimate of drug-likeness (QED) is 0.111. The fraction of sp³-hybridized carbons (Fsp3) is 0.0303. The highest BCUT2D eigenvalue weighted by Gasteiger charge is 2.18. The Bertz CT molecular complexity index is 3890. The maximum Gasteiger partial charge on any atom is 0.0462 e. The fourth-order valence-electron chi connectivity index (χ4n) is 10.8. The maximum absolute atomic E-state index is 2.47. The van der Waals surface area contributed by atoms with E-state index in [4.69, 9.17) is 0 Å². The number of hydrogen-bond acceptors (Lipinski definition) is 2. The monoisotopic (exact) mass is 866 g/mol. The second kappa shape index (κ2) is 16.6. The van der Waals surface area contributed by atoms with Gasteiger partial charge < -0.3 is 9.80 Å². The summed E-state index contributed by atoms with van der Waals surface area (Å²) in [4.78, 5) is 4.67. The molecule has 0 aliphatic heterocycles. The number of benzene rings is 12. The van der Waals surface area contributed by atoms with Gasteiger partial charge in [0.2, 0.25) is 0 Å². The van der Waals surface area contributed by atoms with Gasteiger partial charge in [-0.05, 0) is 191 Å². The molecule has 0 unspecified atom stereocenters. The highest BCUT2D eigenvalue weighted by atomic mass is 15.1. The molecule has 1 aliphatic rings. The summed E-state index contributed by atoms with van der Waals surface area (Å²) < 4.78 is 0. The Morgan fingerprint density at radius 3 is 0.956 bits per heavy atom. The van der Waals surface area contributed by atoms with Crippen LogP contribution in [0.4, 0.5) is 28.4 Å². The number of nitrogens with zero attached hydrogens (tertiary/aromatic N) is 2. The molecule has 320 valence electrons. The van der Waals surface area contributed by atoms with E-state index in [0.29, 0.717) is 0 Å². The van der Waals surface area contributed by atoms with Crippen molar-refractivity contribution in [1.82, 2.24) is 0 Å². The third-order valence-corrected chi connectivity index (χ3v) is 14.0. The normalized spacial score (nSPS) is 12.6. The third kappa shape index (κ3) is 6.81. The molecular weight excluding hydrogens is 821 g/mol. The molecule has 12 aromatic carbocycles. The minimum Gasteiger partial charge on any atom is -0.311 e. The van der Waals surface area contributed by atoms with Gasteiger partial charge in [-0.1, -0.05) is 164 Å². The summed E-state index contributed by atoms with van der Waals surface area (Å²) in [5.41, 5.74) is 11.7. The molecule has 0 fully saturated rings. The van der Waals surface area contributed by atoms with E-state index >= 15 is 0 Å². The van der Waals surface area contributed by atoms with Crippen molar-refractivity contribution in [3.63, 3.8) is 0 Å². The minimum atomic E-state index is 1.05. The van der Waals surface area contributed by atoms with Gasteiger partial charge in [0.05, 0.1) is 0 Å². The van der Waals surface area contributed by atoms with E-state index in [2.05, 4.69) is 265 Å². The van der Waals surface area contributed by atoms with Crippen LogP contribution in [0.5, 0.6) is 0 Å². The van der Waals surface area contributed by atoms with Gasteiger partial charge in [-0.2, -0.15) is 0 Å². The molecule has 0 aromatic heterocycles. The van der Waals surface area contributed by atoms with Gasteiger partial charge in [0.25, 0.3) is 0 Å². The van der Waals surface area contributed by atoms with E-state index < -0.39 is 0 Å². The topological polar surface area (TPSA) is 6.48 Å². The Hall–Kier alpha value is -8.72. The molecule has 0 atom stereocenters. The predicted octanol–water partition coefficient (Wildman–Crippen LogP) is 18.8. The van der Waals surface area contributed by atoms with E-state index in [1.54, 1.807) is 0 Å². The van der Waals surface area contributed by atoms with Gasteiger partial charge >= 0.3 is 0 Å². The first-order valence-corrected chi connectivity index (χ1v) is 23.7. The van der Waals surface area contributed by atoms with Gasteiger partial charge in [0, 0.05) is 34.1 Å². The van der Waals surface area contributed by atoms with Crippen LogP contribution in [0, 0.1) is 0 Å². The molecule has 0 radical (unpaired) electrons. The van der Waals surface area contributed by atoms with Crippen molar-refractivity contribution in [3.8, 4) is 22.3 Å². The molecule has 2 heteroatoms. The van der Waals surface area contributed by atoms with Gasteiger partial charge in [-0.25, -0.2) is 0 Å². The van der Waals surface area contributed by atoms with Gasteiger partial charge in [-0.15, -0.1) is 0 Å². The van der Waals surface area contributed by atoms with E-state index in [1.165, 1.54) is 92.6 Å². The largest absolute Gasteiger partial charge is 0.311 e. The van der Waals surface area contributed by atoms with Crippen LogP contribution in [0.3, 0.4) is 0 Å². The van der Waals surface area contributed by atoms with Crippen molar-refractivity contribution in [1.29, 1.82) is 0 Å². The van der Waals surface area contributed by atoms with Crippen molar-refractivity contribution in [2.45, 2.75) is 12.8 Å². The van der Waals surface area contributed by atoms with Gasteiger partial charge in [-0.3, -0.25) is 0 Å². The lowest BCUT2D eigenvalue weighted by Gasteiger charge is -2.27. The molecule has 0 N–H and O–H groups in total. The molecule has 0 bridgehead atoms. The van der Waals surface area contributed by atoms with Crippen LogP contribution < -0.4 is 9.80 Å². The molecule has 12 aromatic rings. The van der Waals surface area contributed by atoms with Crippen LogP contribution in [0.15, 0.2) is 261 Å². The molecule has 0 spiro atoms. The number of para-hydroxylation sites is 3. The van der Waals surface area contributed by atoms with Crippen molar-refractivity contribution in [2.24, 2.45) is 0 Å². The zero-order valence-electron chi connectivity index (χ0n) is 37.6. The average molecular weight is 867 g/mol. The van der Waals surface area contributed by atoms with Crippen LogP contribution in [-0.4, -0.2) is 0 Å². The minimum absolute atomic E-state index is 1.05. The molecule has 1 aliphatic carbocycles. The van der Waals surface area contributed by atoms with Crippen LogP contribution in [0.2, 0.25) is 0 Å². The summed E-state index contributed by atoms with van der Waals surface area (Å²) in [5, 5.41) is 15.3. The Morgan fingerprint density at radius 2 is 0.559 bits per heavy atom. The lowest BCUT2D eigenvalue weighted by Crippen LogP contribution is -2.16. The highest BCUT2D eigenvalue weighted by molar-refractivity contribution is 6.33. The highest BCUT2D eigenvalue weighted by Crippen LogP contribution is 2.44. The van der Waals surface area contributed by atoms with E-state index in [9.17, 15) is 0 Å². The zero-order valence-corrected chi connectivity index (χ0v) is 37.6. The van der Waals surface area contributed by atoms with Crippen LogP contribution in [0.25, 0.3) is 86.9 Å². The summed E-state index contributed by atoms with van der Waals surface area (Å²) in [7, 11) is 0. The fourth-order valence-corrected chi connectivity index (χ4v) is 10.8. The average Bonchev–Trinajstić information content (AvgIpc) is 3.42. The lowest BCUT2D eigenvalue weighted by molar-refractivity contribution is 0.997. The Kier molecular flexibility index (Phi) is 9.68. The predicted molar refractivity (Wildman–Crippen MR) is 292 cm³/mol. The van der Waals surface area contributed by atoms with Gasteiger partial charge in [0.15, 0.2) is 0 Å². The molecule has 0 heterocycles. The van der Waals surface area contributed by atoms with Crippen molar-refractivity contribution >= 4 is 93.1 Å². The molecule has 68 heavy (non-hydrogen) atoms. The lowest BCUT2D eigenvalue weighted by atomic mass is 9.87. The van der Waals surface area contributed by atoms with Crippen molar-refractivity contribution in [3.05, 3.63) is 261 Å². The summed E-state index contributed by atoms with van der Waals surface area (Å²) in [5.74, 6) is 0. The van der Waals surface area contributed by atoms with E-state index in [1.807, 2.05) is 0 Å². The summed E-state index contributed by atoms with van der Waals surface area (Å²) in [6, 6.07) is 87.0. The Morgan fingerprint density at radius 1 is 0.235 bits per heavy atom. The number of rotatable bonds is 8. The zero-order chi connectivity index (χ0) is 45.0. The number of anilines is 5. The standard InChI is InChI=1S/C66H46N2/c1-5-17-49(18-6-1)67(50-19-7-2-8-20-50)53-35-29-45(30-36-53)47-33-39-59-61(41-47)55-25-13-15-27-57(55)63-44-66-60-40-34-48(42-62(60)56-26-14-16-28-58(56)64(66)43-65(59)63)46-31-37-54(38-32-46)68(51-21-9-3-10-22-51)52-23-11-4-12-24-52/h1-3,5-11,13-44H,4,12H2. The van der Waals surface area contributed by atoms with Crippen LogP contribution in [0.1, 0.15) is 12.8 Å².